The summed E-state index contributed by atoms with van der Waals surface area (Å²) in [7, 11) is 0. The van der Waals surface area contributed by atoms with Crippen molar-refractivity contribution in [2.45, 2.75) is 18.4 Å². The molecule has 4 heterocycles. The summed E-state index contributed by atoms with van der Waals surface area (Å²) in [5.41, 5.74) is 4.11. The van der Waals surface area contributed by atoms with Crippen LogP contribution in [0, 0.1) is 0 Å². The second kappa shape index (κ2) is 6.36. The summed E-state index contributed by atoms with van der Waals surface area (Å²) in [6.07, 6.45) is 6.46. The van der Waals surface area contributed by atoms with Gasteiger partial charge < -0.3 is 4.57 Å². The zero-order valence-electron chi connectivity index (χ0n) is 15.5. The van der Waals surface area contributed by atoms with Gasteiger partial charge in [0, 0.05) is 62.8 Å². The average Bonchev–Trinajstić information content (AvgIpc) is 3.44. The highest BCUT2D eigenvalue weighted by Crippen LogP contribution is 2.50. The van der Waals surface area contributed by atoms with Crippen LogP contribution in [0.15, 0.2) is 83.4 Å². The predicted octanol–water partition coefficient (Wildman–Crippen LogP) is 5.40. The zero-order valence-corrected chi connectivity index (χ0v) is 16.3. The van der Waals surface area contributed by atoms with E-state index < -0.39 is 0 Å². The van der Waals surface area contributed by atoms with E-state index in [1.54, 1.807) is 17.5 Å². The van der Waals surface area contributed by atoms with Crippen molar-refractivity contribution in [3.8, 4) is 11.1 Å². The lowest BCUT2D eigenvalue weighted by molar-refractivity contribution is 0.688. The SMILES string of the molecule is O=c1c2c(-c3cccnc3)csc2ccn1[C@@H]1C[C@H]1c1ccc2ccccc2n1. The number of hydrogen-bond donors (Lipinski definition) is 0. The molecule has 2 atom stereocenters. The second-order valence-electron chi connectivity index (χ2n) is 7.50. The molecule has 1 aliphatic rings. The normalized spacial score (nSPS) is 18.3. The van der Waals surface area contributed by atoms with Gasteiger partial charge in [0.1, 0.15) is 0 Å². The molecule has 1 aliphatic carbocycles. The van der Waals surface area contributed by atoms with Crippen LogP contribution in [0.25, 0.3) is 32.1 Å². The van der Waals surface area contributed by atoms with E-state index >= 15 is 0 Å². The Bertz CT molecular complexity index is 1420. The number of pyridine rings is 3. The summed E-state index contributed by atoms with van der Waals surface area (Å²) in [6.45, 7) is 0. The van der Waals surface area contributed by atoms with Crippen LogP contribution in [0.5, 0.6) is 0 Å². The van der Waals surface area contributed by atoms with E-state index in [2.05, 4.69) is 34.6 Å². The van der Waals surface area contributed by atoms with E-state index in [0.717, 1.165) is 44.2 Å². The maximum absolute atomic E-state index is 13.4. The Labute approximate surface area is 171 Å². The van der Waals surface area contributed by atoms with Crippen molar-refractivity contribution in [2.24, 2.45) is 0 Å². The fourth-order valence-electron chi connectivity index (χ4n) is 4.15. The molecule has 0 N–H and O–H groups in total. The van der Waals surface area contributed by atoms with Crippen LogP contribution in [-0.2, 0) is 0 Å². The quantitative estimate of drug-likeness (QED) is 0.411. The maximum Gasteiger partial charge on any atom is 0.260 e. The summed E-state index contributed by atoms with van der Waals surface area (Å²) in [4.78, 5) is 22.4. The van der Waals surface area contributed by atoms with Crippen LogP contribution in [0.2, 0.25) is 0 Å². The molecule has 5 heteroatoms. The van der Waals surface area contributed by atoms with Crippen LogP contribution in [-0.4, -0.2) is 14.5 Å². The smallest absolute Gasteiger partial charge is 0.260 e. The van der Waals surface area contributed by atoms with Crippen LogP contribution in [0.1, 0.15) is 24.1 Å². The molecule has 1 fully saturated rings. The highest BCUT2D eigenvalue weighted by atomic mass is 32.1. The van der Waals surface area contributed by atoms with Gasteiger partial charge in [0.25, 0.3) is 5.56 Å². The van der Waals surface area contributed by atoms with Gasteiger partial charge in [0.15, 0.2) is 0 Å². The molecule has 0 unspecified atom stereocenters. The maximum atomic E-state index is 13.4. The summed E-state index contributed by atoms with van der Waals surface area (Å²) in [5, 5.41) is 4.00. The Hall–Kier alpha value is -3.31. The zero-order chi connectivity index (χ0) is 19.4. The van der Waals surface area contributed by atoms with Crippen molar-refractivity contribution in [1.29, 1.82) is 0 Å². The molecule has 6 rings (SSSR count). The fourth-order valence-corrected chi connectivity index (χ4v) is 5.11. The molecule has 4 nitrogen and oxygen atoms in total. The highest BCUT2D eigenvalue weighted by Gasteiger charge is 2.41. The Balaban J connectivity index is 1.41. The van der Waals surface area contributed by atoms with Gasteiger partial charge in [-0.3, -0.25) is 14.8 Å². The van der Waals surface area contributed by atoms with Crippen molar-refractivity contribution < 1.29 is 0 Å². The van der Waals surface area contributed by atoms with Gasteiger partial charge in [-0.25, -0.2) is 0 Å². The molecule has 29 heavy (non-hydrogen) atoms. The first-order valence-corrected chi connectivity index (χ1v) is 10.6. The molecule has 4 aromatic heterocycles. The van der Waals surface area contributed by atoms with E-state index in [1.165, 1.54) is 0 Å². The van der Waals surface area contributed by atoms with E-state index in [4.69, 9.17) is 4.98 Å². The molecule has 140 valence electrons. The molecule has 1 aromatic carbocycles. The molecule has 0 bridgehead atoms. The lowest BCUT2D eigenvalue weighted by Gasteiger charge is -2.07. The van der Waals surface area contributed by atoms with E-state index in [9.17, 15) is 4.79 Å². The third-order valence-electron chi connectivity index (χ3n) is 5.74. The minimum atomic E-state index is 0.0795. The first-order chi connectivity index (χ1) is 14.3. The number of para-hydroxylation sites is 1. The molecule has 0 saturated heterocycles. The number of hydrogen-bond acceptors (Lipinski definition) is 4. The molecular formula is C24H17N3OS. The van der Waals surface area contributed by atoms with Gasteiger partial charge >= 0.3 is 0 Å². The highest BCUT2D eigenvalue weighted by molar-refractivity contribution is 7.17. The summed E-state index contributed by atoms with van der Waals surface area (Å²) in [6, 6.07) is 18.5. The van der Waals surface area contributed by atoms with Crippen molar-refractivity contribution in [3.63, 3.8) is 0 Å². The molecule has 0 amide bonds. The topological polar surface area (TPSA) is 47.8 Å². The Morgan fingerprint density at radius 2 is 1.97 bits per heavy atom. The largest absolute Gasteiger partial charge is 0.311 e. The molecule has 5 aromatic rings. The van der Waals surface area contributed by atoms with Gasteiger partial charge in [0.2, 0.25) is 0 Å². The van der Waals surface area contributed by atoms with Crippen molar-refractivity contribution >= 4 is 32.3 Å². The molecule has 0 aliphatic heterocycles. The van der Waals surface area contributed by atoms with E-state index in [-0.39, 0.29) is 17.5 Å². The molecule has 0 spiro atoms. The lowest BCUT2D eigenvalue weighted by atomic mass is 10.1. The second-order valence-corrected chi connectivity index (χ2v) is 8.41. The van der Waals surface area contributed by atoms with Crippen LogP contribution < -0.4 is 5.56 Å². The summed E-state index contributed by atoms with van der Waals surface area (Å²) < 4.78 is 2.92. The summed E-state index contributed by atoms with van der Waals surface area (Å²) in [5.74, 6) is 0.287. The van der Waals surface area contributed by atoms with Crippen LogP contribution in [0.4, 0.5) is 0 Å². The monoisotopic (exact) mass is 395 g/mol. The minimum absolute atomic E-state index is 0.0795. The van der Waals surface area contributed by atoms with Gasteiger partial charge in [-0.05, 0) is 30.7 Å². The number of benzene rings is 1. The fraction of sp³-hybridized carbons (Fsp3) is 0.125. The minimum Gasteiger partial charge on any atom is -0.311 e. The standard InChI is InChI=1S/C24H17N3OS/c28-24-23-18(16-5-3-10-25-13-16)14-29-22(23)9-11-27(24)21-12-17(21)20-8-7-15-4-1-2-6-19(15)26-20/h1-11,13-14,17,21H,12H2/t17-,21+/m0/s1. The summed E-state index contributed by atoms with van der Waals surface area (Å²) >= 11 is 1.61. The average molecular weight is 395 g/mol. The number of aromatic nitrogens is 3. The van der Waals surface area contributed by atoms with Gasteiger partial charge in [-0.15, -0.1) is 11.3 Å². The van der Waals surface area contributed by atoms with Crippen molar-refractivity contribution in [3.05, 3.63) is 94.6 Å². The van der Waals surface area contributed by atoms with E-state index in [1.807, 2.05) is 47.3 Å². The van der Waals surface area contributed by atoms with Gasteiger partial charge in [-0.2, -0.15) is 0 Å². The van der Waals surface area contributed by atoms with Crippen LogP contribution >= 0.6 is 11.3 Å². The molecular weight excluding hydrogens is 378 g/mol. The Morgan fingerprint density at radius 3 is 2.86 bits per heavy atom. The van der Waals surface area contributed by atoms with Gasteiger partial charge in [-0.1, -0.05) is 30.3 Å². The predicted molar refractivity (Wildman–Crippen MR) is 117 cm³/mol. The Kier molecular flexibility index (Phi) is 3.64. The first-order valence-electron chi connectivity index (χ1n) is 9.68. The molecule has 0 radical (unpaired) electrons. The lowest BCUT2D eigenvalue weighted by Crippen LogP contribution is -2.18. The Morgan fingerprint density at radius 1 is 1.03 bits per heavy atom. The number of thiophene rings is 1. The number of fused-ring (bicyclic) bond motifs is 2. The van der Waals surface area contributed by atoms with Crippen LogP contribution in [0.3, 0.4) is 0 Å². The first kappa shape index (κ1) is 16.6. The van der Waals surface area contributed by atoms with E-state index in [0.29, 0.717) is 0 Å². The van der Waals surface area contributed by atoms with Crippen molar-refractivity contribution in [1.82, 2.24) is 14.5 Å². The third kappa shape index (κ3) is 2.69. The van der Waals surface area contributed by atoms with Gasteiger partial charge in [0.05, 0.1) is 10.9 Å². The number of rotatable bonds is 3. The number of nitrogens with zero attached hydrogens (tertiary/aromatic N) is 3. The van der Waals surface area contributed by atoms with Crippen molar-refractivity contribution in [2.75, 3.05) is 0 Å². The molecule has 1 saturated carbocycles. The third-order valence-corrected chi connectivity index (χ3v) is 6.69.